The van der Waals surface area contributed by atoms with Gasteiger partial charge in [-0.2, -0.15) is 0 Å². The molecule has 0 radical (unpaired) electrons. The van der Waals surface area contributed by atoms with Gasteiger partial charge < -0.3 is 5.11 Å². The fourth-order valence-corrected chi connectivity index (χ4v) is 0.158. The Morgan fingerprint density at radius 2 is 2.00 bits per heavy atom. The topological polar surface area (TPSA) is 20.2 Å². The summed E-state index contributed by atoms with van der Waals surface area (Å²) in [6.07, 6.45) is 2.04. The molecule has 6 heavy (non-hydrogen) atoms. The lowest BCUT2D eigenvalue weighted by Gasteiger charge is -1.79. The van der Waals surface area contributed by atoms with Gasteiger partial charge in [-0.3, -0.25) is 0 Å². The predicted molar refractivity (Wildman–Crippen MR) is 37.4 cm³/mol. The molecule has 0 aromatic heterocycles. The van der Waals surface area contributed by atoms with Gasteiger partial charge in [0, 0.05) is 6.61 Å². The van der Waals surface area contributed by atoms with Crippen LogP contribution in [-0.2, 0) is 0 Å². The summed E-state index contributed by atoms with van der Waals surface area (Å²) in [5.41, 5.74) is 0. The van der Waals surface area contributed by atoms with E-state index in [-0.39, 0.29) is 24.0 Å². The SMILES string of the molecule is CCCCO.I. The van der Waals surface area contributed by atoms with Crippen LogP contribution in [0.4, 0.5) is 0 Å². The second-order valence-corrected chi connectivity index (χ2v) is 1.08. The van der Waals surface area contributed by atoms with Crippen LogP contribution in [0.3, 0.4) is 0 Å². The van der Waals surface area contributed by atoms with Crippen molar-refractivity contribution in [3.8, 4) is 0 Å². The minimum atomic E-state index is 0. The van der Waals surface area contributed by atoms with Crippen molar-refractivity contribution < 1.29 is 5.11 Å². The normalized spacial score (nSPS) is 7.00. The molecule has 0 spiro atoms. The zero-order chi connectivity index (χ0) is 4.12. The number of hydrogen-bond acceptors (Lipinski definition) is 1. The fourth-order valence-electron chi connectivity index (χ4n) is 0.158. The molecule has 0 aliphatic rings. The average Bonchev–Trinajstić information content (AvgIpc) is 1.41. The van der Waals surface area contributed by atoms with Gasteiger partial charge in [0.2, 0.25) is 0 Å². The van der Waals surface area contributed by atoms with Crippen molar-refractivity contribution in [1.29, 1.82) is 0 Å². The van der Waals surface area contributed by atoms with Crippen LogP contribution in [0.5, 0.6) is 0 Å². The molecule has 0 unspecified atom stereocenters. The minimum absolute atomic E-state index is 0. The standard InChI is InChI=1S/C4H10O.HI/c1-2-3-4-5;/h5H,2-4H2,1H3;1H. The zero-order valence-electron chi connectivity index (χ0n) is 3.98. The first-order chi connectivity index (χ1) is 2.41. The Hall–Kier alpha value is 0.690. The van der Waals surface area contributed by atoms with Gasteiger partial charge in [-0.1, -0.05) is 13.3 Å². The van der Waals surface area contributed by atoms with Crippen molar-refractivity contribution in [3.05, 3.63) is 0 Å². The van der Waals surface area contributed by atoms with Crippen LogP contribution in [-0.4, -0.2) is 11.7 Å². The van der Waals surface area contributed by atoms with Gasteiger partial charge in [0.15, 0.2) is 0 Å². The summed E-state index contributed by atoms with van der Waals surface area (Å²) in [5.74, 6) is 0. The number of halogens is 1. The highest BCUT2D eigenvalue weighted by Crippen LogP contribution is 1.78. The molecule has 1 nitrogen and oxygen atoms in total. The molecule has 0 aromatic rings. The molecule has 1 N–H and O–H groups in total. The quantitative estimate of drug-likeness (QED) is 0.671. The van der Waals surface area contributed by atoms with Gasteiger partial charge in [0.05, 0.1) is 0 Å². The Labute approximate surface area is 55.8 Å². The van der Waals surface area contributed by atoms with Gasteiger partial charge in [0.1, 0.15) is 0 Å². The van der Waals surface area contributed by atoms with E-state index in [1.807, 2.05) is 0 Å². The molecule has 40 valence electrons. The highest BCUT2D eigenvalue weighted by Gasteiger charge is 1.69. The largest absolute Gasteiger partial charge is 0.396 e. The molecule has 0 rings (SSSR count). The van der Waals surface area contributed by atoms with E-state index < -0.39 is 0 Å². The van der Waals surface area contributed by atoms with E-state index in [2.05, 4.69) is 6.92 Å². The van der Waals surface area contributed by atoms with Crippen LogP contribution < -0.4 is 0 Å². The lowest BCUT2D eigenvalue weighted by molar-refractivity contribution is 0.287. The fraction of sp³-hybridized carbons (Fsp3) is 1.00. The van der Waals surface area contributed by atoms with Crippen LogP contribution in [0, 0.1) is 0 Å². The molecule has 0 amide bonds. The third-order valence-corrected chi connectivity index (χ3v) is 0.512. The summed E-state index contributed by atoms with van der Waals surface area (Å²) in [7, 11) is 0. The van der Waals surface area contributed by atoms with E-state index >= 15 is 0 Å². The van der Waals surface area contributed by atoms with E-state index in [4.69, 9.17) is 5.11 Å². The molecular formula is C4H11IO. The second-order valence-electron chi connectivity index (χ2n) is 1.08. The van der Waals surface area contributed by atoms with Crippen LogP contribution in [0.15, 0.2) is 0 Å². The first-order valence-electron chi connectivity index (χ1n) is 2.02. The van der Waals surface area contributed by atoms with Crippen molar-refractivity contribution in [1.82, 2.24) is 0 Å². The maximum Gasteiger partial charge on any atom is 0.0430 e. The summed E-state index contributed by atoms with van der Waals surface area (Å²) in [4.78, 5) is 0. The highest BCUT2D eigenvalue weighted by molar-refractivity contribution is 14.0. The Morgan fingerprint density at radius 1 is 1.50 bits per heavy atom. The molecule has 2 heteroatoms. The van der Waals surface area contributed by atoms with Crippen LogP contribution in [0.1, 0.15) is 19.8 Å². The maximum atomic E-state index is 8.07. The number of aliphatic hydroxyl groups excluding tert-OH is 1. The van der Waals surface area contributed by atoms with Crippen LogP contribution in [0.25, 0.3) is 0 Å². The second kappa shape index (κ2) is 9.19. The molecule has 0 aliphatic heterocycles. The summed E-state index contributed by atoms with van der Waals surface area (Å²) in [6.45, 7) is 2.40. The molecule has 0 atom stereocenters. The summed E-state index contributed by atoms with van der Waals surface area (Å²) in [6, 6.07) is 0. The van der Waals surface area contributed by atoms with E-state index in [9.17, 15) is 0 Å². The lowest BCUT2D eigenvalue weighted by Crippen LogP contribution is -1.75. The third-order valence-electron chi connectivity index (χ3n) is 0.512. The summed E-state index contributed by atoms with van der Waals surface area (Å²) >= 11 is 0. The highest BCUT2D eigenvalue weighted by atomic mass is 127. The Kier molecular flexibility index (Phi) is 15.1. The Balaban J connectivity index is 0. The van der Waals surface area contributed by atoms with Gasteiger partial charge in [0.25, 0.3) is 0 Å². The number of aliphatic hydroxyl groups is 1. The number of rotatable bonds is 2. The van der Waals surface area contributed by atoms with Gasteiger partial charge >= 0.3 is 0 Å². The Bertz CT molecular complexity index is 15.0. The van der Waals surface area contributed by atoms with E-state index in [0.717, 1.165) is 12.8 Å². The molecule has 0 bridgehead atoms. The van der Waals surface area contributed by atoms with Crippen molar-refractivity contribution in [2.75, 3.05) is 6.61 Å². The first-order valence-corrected chi connectivity index (χ1v) is 2.02. The van der Waals surface area contributed by atoms with Crippen molar-refractivity contribution in [2.24, 2.45) is 0 Å². The van der Waals surface area contributed by atoms with E-state index in [0.29, 0.717) is 6.61 Å². The molecule has 0 heterocycles. The van der Waals surface area contributed by atoms with Gasteiger partial charge in [-0.05, 0) is 6.42 Å². The molecule has 0 fully saturated rings. The van der Waals surface area contributed by atoms with Crippen LogP contribution in [0.2, 0.25) is 0 Å². The monoisotopic (exact) mass is 202 g/mol. The van der Waals surface area contributed by atoms with Crippen molar-refractivity contribution in [2.45, 2.75) is 19.8 Å². The first kappa shape index (κ1) is 9.85. The summed E-state index contributed by atoms with van der Waals surface area (Å²) in [5, 5.41) is 8.07. The minimum Gasteiger partial charge on any atom is -0.396 e. The molecular weight excluding hydrogens is 191 g/mol. The van der Waals surface area contributed by atoms with E-state index in [1.54, 1.807) is 0 Å². The summed E-state index contributed by atoms with van der Waals surface area (Å²) < 4.78 is 0. The predicted octanol–water partition coefficient (Wildman–Crippen LogP) is 1.40. The number of unbranched alkanes of at least 4 members (excludes halogenated alkanes) is 1. The Morgan fingerprint density at radius 3 is 2.00 bits per heavy atom. The zero-order valence-corrected chi connectivity index (χ0v) is 6.31. The molecule has 0 saturated heterocycles. The third kappa shape index (κ3) is 8.83. The van der Waals surface area contributed by atoms with Crippen molar-refractivity contribution >= 4 is 24.0 Å². The van der Waals surface area contributed by atoms with Crippen LogP contribution >= 0.6 is 24.0 Å². The number of hydrogen-bond donors (Lipinski definition) is 1. The van der Waals surface area contributed by atoms with Gasteiger partial charge in [-0.25, -0.2) is 0 Å². The lowest BCUT2D eigenvalue weighted by atomic mass is 10.4. The molecule has 0 saturated carbocycles. The van der Waals surface area contributed by atoms with Crippen molar-refractivity contribution in [3.63, 3.8) is 0 Å². The maximum absolute atomic E-state index is 8.07. The smallest absolute Gasteiger partial charge is 0.0430 e. The molecule has 0 aromatic carbocycles. The average molecular weight is 202 g/mol. The van der Waals surface area contributed by atoms with Gasteiger partial charge in [-0.15, -0.1) is 24.0 Å². The molecule has 0 aliphatic carbocycles. The van der Waals surface area contributed by atoms with E-state index in [1.165, 1.54) is 0 Å².